The van der Waals surface area contributed by atoms with Gasteiger partial charge in [0, 0.05) is 18.1 Å². The Balaban J connectivity index is 2.14. The minimum atomic E-state index is 0.439. The maximum atomic E-state index is 3.72. The Morgan fingerprint density at radius 1 is 1.19 bits per heavy atom. The second kappa shape index (κ2) is 8.55. The second-order valence-corrected chi connectivity index (χ2v) is 6.36. The SMILES string of the molecule is CCCC1CCCCN1C(C)C(NCC)c1ccccc1. The van der Waals surface area contributed by atoms with Crippen LogP contribution >= 0.6 is 0 Å². The topological polar surface area (TPSA) is 15.3 Å². The smallest absolute Gasteiger partial charge is 0.0475 e. The molecule has 118 valence electrons. The number of likely N-dealkylation sites (N-methyl/N-ethyl adjacent to an activating group) is 1. The van der Waals surface area contributed by atoms with Crippen LogP contribution in [0.3, 0.4) is 0 Å². The fraction of sp³-hybridized carbons (Fsp3) is 0.684. The van der Waals surface area contributed by atoms with E-state index in [1.165, 1.54) is 44.2 Å². The fourth-order valence-electron chi connectivity index (χ4n) is 3.84. The summed E-state index contributed by atoms with van der Waals surface area (Å²) in [5.74, 6) is 0. The molecule has 1 heterocycles. The molecule has 2 heteroatoms. The lowest BCUT2D eigenvalue weighted by Crippen LogP contribution is -2.50. The summed E-state index contributed by atoms with van der Waals surface area (Å²) in [6, 6.07) is 12.7. The van der Waals surface area contributed by atoms with Crippen molar-refractivity contribution < 1.29 is 0 Å². The highest BCUT2D eigenvalue weighted by Crippen LogP contribution is 2.29. The molecule has 0 radical (unpaired) electrons. The van der Waals surface area contributed by atoms with Crippen molar-refractivity contribution in [1.82, 2.24) is 10.2 Å². The van der Waals surface area contributed by atoms with E-state index in [1.807, 2.05) is 0 Å². The van der Waals surface area contributed by atoms with Crippen LogP contribution in [0.25, 0.3) is 0 Å². The van der Waals surface area contributed by atoms with Crippen molar-refractivity contribution in [3.63, 3.8) is 0 Å². The van der Waals surface area contributed by atoms with E-state index in [1.54, 1.807) is 0 Å². The van der Waals surface area contributed by atoms with E-state index >= 15 is 0 Å². The van der Waals surface area contributed by atoms with E-state index < -0.39 is 0 Å². The zero-order valence-corrected chi connectivity index (χ0v) is 14.0. The van der Waals surface area contributed by atoms with Gasteiger partial charge in [0.15, 0.2) is 0 Å². The molecule has 0 saturated carbocycles. The number of rotatable bonds is 7. The van der Waals surface area contributed by atoms with Gasteiger partial charge >= 0.3 is 0 Å². The van der Waals surface area contributed by atoms with Gasteiger partial charge in [-0.1, -0.05) is 57.0 Å². The minimum absolute atomic E-state index is 0.439. The molecule has 0 amide bonds. The van der Waals surface area contributed by atoms with E-state index in [0.29, 0.717) is 12.1 Å². The third-order valence-corrected chi connectivity index (χ3v) is 4.88. The van der Waals surface area contributed by atoms with Crippen molar-refractivity contribution in [1.29, 1.82) is 0 Å². The van der Waals surface area contributed by atoms with E-state index in [9.17, 15) is 0 Å². The van der Waals surface area contributed by atoms with Crippen LogP contribution < -0.4 is 5.32 Å². The zero-order chi connectivity index (χ0) is 15.1. The molecule has 2 rings (SSSR count). The van der Waals surface area contributed by atoms with Crippen LogP contribution in [0, 0.1) is 0 Å². The first-order valence-corrected chi connectivity index (χ1v) is 8.82. The molecule has 1 N–H and O–H groups in total. The van der Waals surface area contributed by atoms with Crippen LogP contribution in [0.2, 0.25) is 0 Å². The molecule has 1 aliphatic heterocycles. The Kier molecular flexibility index (Phi) is 6.72. The number of piperidine rings is 1. The molecule has 1 aromatic rings. The van der Waals surface area contributed by atoms with Crippen LogP contribution in [-0.2, 0) is 0 Å². The number of nitrogens with zero attached hydrogens (tertiary/aromatic N) is 1. The molecule has 1 fully saturated rings. The maximum absolute atomic E-state index is 3.72. The summed E-state index contributed by atoms with van der Waals surface area (Å²) < 4.78 is 0. The number of hydrogen-bond donors (Lipinski definition) is 1. The molecule has 1 aliphatic rings. The minimum Gasteiger partial charge on any atom is -0.309 e. The van der Waals surface area contributed by atoms with Crippen molar-refractivity contribution in [3.05, 3.63) is 35.9 Å². The fourth-order valence-corrected chi connectivity index (χ4v) is 3.84. The molecular formula is C19H32N2. The van der Waals surface area contributed by atoms with Gasteiger partial charge in [-0.25, -0.2) is 0 Å². The summed E-state index contributed by atoms with van der Waals surface area (Å²) in [5.41, 5.74) is 1.42. The summed E-state index contributed by atoms with van der Waals surface area (Å²) in [6.07, 6.45) is 6.79. The highest BCUT2D eigenvalue weighted by Gasteiger charge is 2.30. The van der Waals surface area contributed by atoms with Gasteiger partial charge in [0.05, 0.1) is 0 Å². The van der Waals surface area contributed by atoms with Crippen molar-refractivity contribution in [2.45, 2.75) is 71.0 Å². The molecule has 3 atom stereocenters. The summed E-state index contributed by atoms with van der Waals surface area (Å²) >= 11 is 0. The van der Waals surface area contributed by atoms with Crippen molar-refractivity contribution in [3.8, 4) is 0 Å². The van der Waals surface area contributed by atoms with E-state index in [4.69, 9.17) is 0 Å². The lowest BCUT2D eigenvalue weighted by Gasteiger charge is -2.43. The van der Waals surface area contributed by atoms with E-state index in [2.05, 4.69) is 61.3 Å². The highest BCUT2D eigenvalue weighted by atomic mass is 15.2. The average molecular weight is 288 g/mol. The molecule has 21 heavy (non-hydrogen) atoms. The largest absolute Gasteiger partial charge is 0.309 e. The third-order valence-electron chi connectivity index (χ3n) is 4.88. The van der Waals surface area contributed by atoms with Gasteiger partial charge in [-0.15, -0.1) is 0 Å². The third kappa shape index (κ3) is 4.31. The normalized spacial score (nSPS) is 22.9. The molecule has 0 spiro atoms. The number of likely N-dealkylation sites (tertiary alicyclic amines) is 1. The second-order valence-electron chi connectivity index (χ2n) is 6.36. The van der Waals surface area contributed by atoms with Crippen LogP contribution in [0.15, 0.2) is 30.3 Å². The summed E-state index contributed by atoms with van der Waals surface area (Å²) in [5, 5.41) is 3.72. The van der Waals surface area contributed by atoms with Gasteiger partial charge < -0.3 is 5.32 Å². The quantitative estimate of drug-likeness (QED) is 0.801. The van der Waals surface area contributed by atoms with Gasteiger partial charge in [0.25, 0.3) is 0 Å². The average Bonchev–Trinajstić information content (AvgIpc) is 2.54. The Labute approximate surface area is 130 Å². The highest BCUT2D eigenvalue weighted by molar-refractivity contribution is 5.20. The lowest BCUT2D eigenvalue weighted by atomic mass is 9.92. The molecule has 0 aromatic heterocycles. The lowest BCUT2D eigenvalue weighted by molar-refractivity contribution is 0.0756. The predicted octanol–water partition coefficient (Wildman–Crippen LogP) is 4.38. The first-order valence-electron chi connectivity index (χ1n) is 8.82. The van der Waals surface area contributed by atoms with Crippen molar-refractivity contribution in [2.24, 2.45) is 0 Å². The first-order chi connectivity index (χ1) is 10.3. The number of benzene rings is 1. The molecular weight excluding hydrogens is 256 g/mol. The van der Waals surface area contributed by atoms with Gasteiger partial charge in [-0.05, 0) is 44.8 Å². The summed E-state index contributed by atoms with van der Waals surface area (Å²) in [6.45, 7) is 9.23. The molecule has 2 nitrogen and oxygen atoms in total. The Bertz CT molecular complexity index is 388. The Morgan fingerprint density at radius 3 is 2.62 bits per heavy atom. The first kappa shape index (κ1) is 16.5. The number of hydrogen-bond acceptors (Lipinski definition) is 2. The van der Waals surface area contributed by atoms with Crippen LogP contribution in [0.1, 0.15) is 64.5 Å². The Hall–Kier alpha value is -0.860. The van der Waals surface area contributed by atoms with Crippen molar-refractivity contribution in [2.75, 3.05) is 13.1 Å². The molecule has 1 saturated heterocycles. The zero-order valence-electron chi connectivity index (χ0n) is 14.0. The van der Waals surface area contributed by atoms with Crippen LogP contribution in [0.4, 0.5) is 0 Å². The number of nitrogens with one attached hydrogen (secondary N) is 1. The van der Waals surface area contributed by atoms with Gasteiger partial charge in [-0.2, -0.15) is 0 Å². The van der Waals surface area contributed by atoms with Crippen LogP contribution in [-0.4, -0.2) is 30.1 Å². The maximum Gasteiger partial charge on any atom is 0.0475 e. The predicted molar refractivity (Wildman–Crippen MR) is 91.6 cm³/mol. The molecule has 3 unspecified atom stereocenters. The van der Waals surface area contributed by atoms with E-state index in [0.717, 1.165) is 12.6 Å². The van der Waals surface area contributed by atoms with Crippen molar-refractivity contribution >= 4 is 0 Å². The van der Waals surface area contributed by atoms with Crippen LogP contribution in [0.5, 0.6) is 0 Å². The van der Waals surface area contributed by atoms with Gasteiger partial charge in [0.1, 0.15) is 0 Å². The summed E-state index contributed by atoms with van der Waals surface area (Å²) in [7, 11) is 0. The standard InChI is InChI=1S/C19H32N2/c1-4-11-18-14-9-10-15-21(18)16(3)19(20-5-2)17-12-7-6-8-13-17/h6-8,12-13,16,18-20H,4-5,9-11,14-15H2,1-3H3. The monoisotopic (exact) mass is 288 g/mol. The summed E-state index contributed by atoms with van der Waals surface area (Å²) in [4.78, 5) is 2.77. The molecule has 0 bridgehead atoms. The Morgan fingerprint density at radius 2 is 1.95 bits per heavy atom. The van der Waals surface area contributed by atoms with E-state index in [-0.39, 0.29) is 0 Å². The van der Waals surface area contributed by atoms with Gasteiger partial charge in [0.2, 0.25) is 0 Å². The molecule has 0 aliphatic carbocycles. The molecule has 1 aromatic carbocycles. The van der Waals surface area contributed by atoms with Gasteiger partial charge in [-0.3, -0.25) is 4.90 Å².